The first kappa shape index (κ1) is 19.1. The fraction of sp³-hybridized carbons (Fsp3) is 0.0952. The molecule has 0 aliphatic carbocycles. The summed E-state index contributed by atoms with van der Waals surface area (Å²) in [5.74, 6) is -0.549. The molecule has 2 N–H and O–H groups in total. The molecule has 0 saturated carbocycles. The number of ether oxygens (including phenoxy) is 1. The van der Waals surface area contributed by atoms with Gasteiger partial charge < -0.3 is 14.9 Å². The minimum Gasteiger partial charge on any atom is -0.497 e. The van der Waals surface area contributed by atoms with E-state index < -0.39 is 5.97 Å². The molecule has 2 heterocycles. The number of aromatic nitrogens is 1. The molecule has 0 atom stereocenters. The van der Waals surface area contributed by atoms with Crippen LogP contribution in [0.15, 0.2) is 53.5 Å². The van der Waals surface area contributed by atoms with Gasteiger partial charge in [0.1, 0.15) is 5.75 Å². The zero-order valence-corrected chi connectivity index (χ0v) is 17.0. The Morgan fingerprint density at radius 3 is 2.72 bits per heavy atom. The number of fused-ring (bicyclic) bond motifs is 1. The van der Waals surface area contributed by atoms with E-state index in [0.717, 1.165) is 5.56 Å². The van der Waals surface area contributed by atoms with E-state index in [0.29, 0.717) is 37.9 Å². The molecular formula is C21H16N2O4S2. The van der Waals surface area contributed by atoms with Gasteiger partial charge in [0.25, 0.3) is 0 Å². The van der Waals surface area contributed by atoms with Gasteiger partial charge in [-0.25, -0.2) is 9.79 Å². The monoisotopic (exact) mass is 424 g/mol. The number of thiazole rings is 1. The molecule has 1 aliphatic heterocycles. The van der Waals surface area contributed by atoms with E-state index >= 15 is 0 Å². The molecule has 0 amide bonds. The Kier molecular flexibility index (Phi) is 5.04. The minimum absolute atomic E-state index is 0.00283. The molecule has 4 rings (SSSR count). The van der Waals surface area contributed by atoms with Gasteiger partial charge in [0.05, 0.1) is 24.2 Å². The summed E-state index contributed by atoms with van der Waals surface area (Å²) in [4.78, 5) is 16.4. The molecule has 3 aromatic rings. The summed E-state index contributed by atoms with van der Waals surface area (Å²) < 4.78 is 7.32. The predicted molar refractivity (Wildman–Crippen MR) is 116 cm³/mol. The van der Waals surface area contributed by atoms with Crippen molar-refractivity contribution in [2.75, 3.05) is 7.11 Å². The van der Waals surface area contributed by atoms with Crippen LogP contribution in [0, 0.1) is 3.95 Å². The predicted octanol–water partition coefficient (Wildman–Crippen LogP) is 4.75. The Morgan fingerprint density at radius 1 is 1.28 bits per heavy atom. The zero-order chi connectivity index (χ0) is 20.5. The molecule has 2 aromatic carbocycles. The van der Waals surface area contributed by atoms with Crippen molar-refractivity contribution in [1.29, 1.82) is 0 Å². The summed E-state index contributed by atoms with van der Waals surface area (Å²) in [6, 6.07) is 14.9. The first-order chi connectivity index (χ1) is 14.0. The number of methoxy groups -OCH3 is 1. The first-order valence-electron chi connectivity index (χ1n) is 8.67. The molecule has 0 unspecified atom stereocenters. The molecule has 0 fully saturated rings. The van der Waals surface area contributed by atoms with Crippen LogP contribution in [0.3, 0.4) is 0 Å². The average Bonchev–Trinajstić information content (AvgIpc) is 3.21. The summed E-state index contributed by atoms with van der Waals surface area (Å²) in [6.07, 6.45) is 1.63. The van der Waals surface area contributed by atoms with E-state index in [9.17, 15) is 15.0 Å². The first-order valence-corrected chi connectivity index (χ1v) is 9.89. The number of aromatic hydroxyl groups is 1. The fourth-order valence-electron chi connectivity index (χ4n) is 3.12. The Labute approximate surface area is 175 Å². The molecule has 0 spiro atoms. The number of hydrogen-bond acceptors (Lipinski definition) is 6. The Hall–Kier alpha value is -3.23. The molecule has 6 nitrogen and oxygen atoms in total. The third kappa shape index (κ3) is 3.59. The highest BCUT2D eigenvalue weighted by Gasteiger charge is 2.27. The van der Waals surface area contributed by atoms with E-state index in [1.165, 1.54) is 18.4 Å². The lowest BCUT2D eigenvalue weighted by atomic mass is 10.0. The van der Waals surface area contributed by atoms with Gasteiger partial charge in [0.15, 0.2) is 9.67 Å². The van der Waals surface area contributed by atoms with Gasteiger partial charge in [-0.2, -0.15) is 0 Å². The molecule has 0 radical (unpaired) electrons. The summed E-state index contributed by atoms with van der Waals surface area (Å²) in [6.45, 7) is 0.429. The van der Waals surface area contributed by atoms with Crippen LogP contribution >= 0.6 is 23.6 Å². The Balaban J connectivity index is 1.78. The van der Waals surface area contributed by atoms with Gasteiger partial charge >= 0.3 is 5.97 Å². The van der Waals surface area contributed by atoms with E-state index in [-0.39, 0.29) is 11.6 Å². The molecule has 0 saturated heterocycles. The normalized spacial score (nSPS) is 14.0. The Bertz CT molecular complexity index is 1220. The molecule has 8 heteroatoms. The lowest BCUT2D eigenvalue weighted by Crippen LogP contribution is -2.11. The molecule has 1 aliphatic rings. The van der Waals surface area contributed by atoms with Crippen LogP contribution in [-0.2, 0) is 11.3 Å². The average molecular weight is 425 g/mol. The summed E-state index contributed by atoms with van der Waals surface area (Å²) in [5.41, 5.74) is 2.52. The van der Waals surface area contributed by atoms with Gasteiger partial charge in [-0.15, -0.1) is 11.3 Å². The van der Waals surface area contributed by atoms with Crippen molar-refractivity contribution in [2.45, 2.75) is 6.54 Å². The lowest BCUT2D eigenvalue weighted by Gasteiger charge is -2.06. The molecule has 29 heavy (non-hydrogen) atoms. The van der Waals surface area contributed by atoms with E-state index in [2.05, 4.69) is 4.99 Å². The number of rotatable bonds is 5. The second-order valence-electron chi connectivity index (χ2n) is 6.33. The topological polar surface area (TPSA) is 84.0 Å². The number of hydrogen-bond donors (Lipinski definition) is 2. The van der Waals surface area contributed by atoms with Crippen molar-refractivity contribution in [3.63, 3.8) is 0 Å². The highest BCUT2D eigenvalue weighted by Crippen LogP contribution is 2.40. The maximum absolute atomic E-state index is 11.7. The third-order valence-corrected chi connectivity index (χ3v) is 5.92. The zero-order valence-electron chi connectivity index (χ0n) is 15.3. The minimum atomic E-state index is -1.14. The van der Waals surface area contributed by atoms with Crippen molar-refractivity contribution in [3.05, 3.63) is 68.5 Å². The van der Waals surface area contributed by atoms with Gasteiger partial charge in [0.2, 0.25) is 5.88 Å². The molecule has 1 aromatic heterocycles. The van der Waals surface area contributed by atoms with Gasteiger partial charge in [-0.1, -0.05) is 30.3 Å². The largest absolute Gasteiger partial charge is 0.497 e. The highest BCUT2D eigenvalue weighted by molar-refractivity contribution is 7.73. The van der Waals surface area contributed by atoms with Crippen LogP contribution in [0.4, 0.5) is 5.69 Å². The number of benzene rings is 2. The summed E-state index contributed by atoms with van der Waals surface area (Å²) in [5, 5.41) is 20.3. The van der Waals surface area contributed by atoms with Crippen LogP contribution < -0.4 is 4.74 Å². The number of carboxylic acid groups (broad SMARTS) is 1. The standard InChI is InChI=1S/C21H16N2O4S2/c1-27-13-7-8-14-15(18(20(25)26)22-16(14)9-13)10-17-19(24)23(21(28)29-17)11-12-5-3-2-4-6-12/h2-10,24H,11H2,1H3,(H,25,26). The van der Waals surface area contributed by atoms with Crippen molar-refractivity contribution in [3.8, 4) is 11.6 Å². The fourth-order valence-corrected chi connectivity index (χ4v) is 4.37. The Morgan fingerprint density at radius 2 is 2.03 bits per heavy atom. The van der Waals surface area contributed by atoms with Crippen LogP contribution in [0.25, 0.3) is 11.6 Å². The van der Waals surface area contributed by atoms with E-state index in [1.807, 2.05) is 30.3 Å². The maximum atomic E-state index is 11.7. The molecule has 146 valence electrons. The molecular weight excluding hydrogens is 408 g/mol. The van der Waals surface area contributed by atoms with Crippen LogP contribution in [0.5, 0.6) is 11.6 Å². The van der Waals surface area contributed by atoms with Crippen LogP contribution in [0.1, 0.15) is 16.0 Å². The number of aliphatic imine (C=N–C) groups is 1. The van der Waals surface area contributed by atoms with Gasteiger partial charge in [0, 0.05) is 17.2 Å². The van der Waals surface area contributed by atoms with Crippen LogP contribution in [-0.4, -0.2) is 33.6 Å². The second kappa shape index (κ2) is 7.65. The number of nitrogens with zero attached hydrogens (tertiary/aromatic N) is 2. The van der Waals surface area contributed by atoms with E-state index in [4.69, 9.17) is 17.0 Å². The third-order valence-electron chi connectivity index (χ3n) is 4.54. The van der Waals surface area contributed by atoms with Gasteiger partial charge in [-0.3, -0.25) is 4.57 Å². The summed E-state index contributed by atoms with van der Waals surface area (Å²) in [7, 11) is 1.54. The quantitative estimate of drug-likeness (QED) is 0.577. The second-order valence-corrected chi connectivity index (χ2v) is 8.01. The summed E-state index contributed by atoms with van der Waals surface area (Å²) >= 11 is 6.64. The maximum Gasteiger partial charge on any atom is 0.355 e. The number of aliphatic carboxylic acids is 1. The number of carboxylic acids is 1. The van der Waals surface area contributed by atoms with Crippen molar-refractivity contribution >= 4 is 52.6 Å². The van der Waals surface area contributed by atoms with Gasteiger partial charge in [-0.05, 0) is 36.0 Å². The van der Waals surface area contributed by atoms with Crippen molar-refractivity contribution < 1.29 is 19.7 Å². The molecule has 0 bridgehead atoms. The van der Waals surface area contributed by atoms with E-state index in [1.54, 1.807) is 28.8 Å². The smallest absolute Gasteiger partial charge is 0.355 e. The van der Waals surface area contributed by atoms with Crippen LogP contribution in [0.2, 0.25) is 0 Å². The van der Waals surface area contributed by atoms with Crippen molar-refractivity contribution in [2.24, 2.45) is 4.99 Å². The SMILES string of the molecule is COc1ccc2c(c1)N=C(C(=O)O)C2=Cc1sc(=S)n(Cc2ccccc2)c1O. The van der Waals surface area contributed by atoms with Crippen molar-refractivity contribution in [1.82, 2.24) is 4.57 Å². The highest BCUT2D eigenvalue weighted by atomic mass is 32.1. The lowest BCUT2D eigenvalue weighted by molar-refractivity contribution is -0.129. The number of carbonyl (C=O) groups is 1.